The standard InChI is InChI=1S/C37H70O5/c1-3-5-7-9-11-13-15-17-19-21-23-25-27-29-31-33-35(38)41-37(40)42-36(39)34-32-30-28-26-24-22-20-18-16-14-12-10-8-6-4-2/h3-34H2,1-2H3. The van der Waals surface area contributed by atoms with E-state index in [0.29, 0.717) is 12.8 Å². The summed E-state index contributed by atoms with van der Waals surface area (Å²) in [6, 6.07) is 0. The van der Waals surface area contributed by atoms with E-state index in [4.69, 9.17) is 0 Å². The number of hydrogen-bond acceptors (Lipinski definition) is 5. The van der Waals surface area contributed by atoms with Gasteiger partial charge < -0.3 is 9.47 Å². The van der Waals surface area contributed by atoms with Gasteiger partial charge in [0.2, 0.25) is 0 Å². The first-order valence-electron chi connectivity index (χ1n) is 18.6. The van der Waals surface area contributed by atoms with Gasteiger partial charge in [0.1, 0.15) is 0 Å². The zero-order valence-electron chi connectivity index (χ0n) is 28.2. The lowest BCUT2D eigenvalue weighted by molar-refractivity contribution is -0.146. The smallest absolute Gasteiger partial charge is 0.360 e. The van der Waals surface area contributed by atoms with Crippen LogP contribution in [0.5, 0.6) is 0 Å². The molecule has 0 saturated carbocycles. The fourth-order valence-corrected chi connectivity index (χ4v) is 5.59. The molecule has 0 aliphatic heterocycles. The fourth-order valence-electron chi connectivity index (χ4n) is 5.59. The quantitative estimate of drug-likeness (QED) is 0.0440. The van der Waals surface area contributed by atoms with Crippen LogP contribution in [0.15, 0.2) is 0 Å². The summed E-state index contributed by atoms with van der Waals surface area (Å²) in [7, 11) is 0. The lowest BCUT2D eigenvalue weighted by Gasteiger charge is -2.05. The molecule has 0 bridgehead atoms. The number of hydrogen-bond donors (Lipinski definition) is 0. The molecule has 0 rings (SSSR count). The summed E-state index contributed by atoms with van der Waals surface area (Å²) < 4.78 is 9.30. The Labute approximate surface area is 261 Å². The van der Waals surface area contributed by atoms with Crippen molar-refractivity contribution in [1.82, 2.24) is 0 Å². The molecule has 0 spiro atoms. The lowest BCUT2D eigenvalue weighted by Crippen LogP contribution is -2.17. The highest BCUT2D eigenvalue weighted by Gasteiger charge is 2.15. The lowest BCUT2D eigenvalue weighted by atomic mass is 10.0. The summed E-state index contributed by atoms with van der Waals surface area (Å²) in [6.45, 7) is 4.53. The molecule has 0 N–H and O–H groups in total. The Morgan fingerprint density at radius 2 is 0.500 bits per heavy atom. The zero-order chi connectivity index (χ0) is 30.8. The average molecular weight is 595 g/mol. The van der Waals surface area contributed by atoms with Gasteiger partial charge in [0, 0.05) is 12.8 Å². The average Bonchev–Trinajstić information content (AvgIpc) is 2.97. The first kappa shape index (κ1) is 40.6. The topological polar surface area (TPSA) is 69.7 Å². The first-order valence-corrected chi connectivity index (χ1v) is 18.6. The molecule has 0 fully saturated rings. The highest BCUT2D eigenvalue weighted by molar-refractivity contribution is 5.88. The van der Waals surface area contributed by atoms with Gasteiger partial charge in [-0.2, -0.15) is 0 Å². The van der Waals surface area contributed by atoms with E-state index in [1.807, 2.05) is 0 Å². The van der Waals surface area contributed by atoms with E-state index in [2.05, 4.69) is 23.3 Å². The maximum Gasteiger partial charge on any atom is 0.524 e. The SMILES string of the molecule is CCCCCCCCCCCCCCCCCC(=O)OC(=O)OC(=O)CCCCCCCCCCCCCCCCC. The summed E-state index contributed by atoms with van der Waals surface area (Å²) in [5.74, 6) is -1.20. The molecular formula is C37H70O5. The van der Waals surface area contributed by atoms with E-state index >= 15 is 0 Å². The largest absolute Gasteiger partial charge is 0.524 e. The summed E-state index contributed by atoms with van der Waals surface area (Å²) in [5.41, 5.74) is 0. The maximum absolute atomic E-state index is 11.8. The van der Waals surface area contributed by atoms with Gasteiger partial charge in [0.15, 0.2) is 0 Å². The Balaban J connectivity index is 3.40. The summed E-state index contributed by atoms with van der Waals surface area (Å²) in [4.78, 5) is 35.4. The molecule has 0 heterocycles. The van der Waals surface area contributed by atoms with Crippen LogP contribution < -0.4 is 0 Å². The summed E-state index contributed by atoms with van der Waals surface area (Å²) in [5, 5.41) is 0. The molecule has 0 aliphatic rings. The van der Waals surface area contributed by atoms with Crippen LogP contribution in [-0.2, 0) is 19.1 Å². The molecule has 0 radical (unpaired) electrons. The van der Waals surface area contributed by atoms with Gasteiger partial charge in [0.25, 0.3) is 0 Å². The Kier molecular flexibility index (Phi) is 33.0. The normalized spacial score (nSPS) is 11.1. The molecule has 248 valence electrons. The number of rotatable bonds is 32. The van der Waals surface area contributed by atoms with Crippen molar-refractivity contribution in [3.8, 4) is 0 Å². The minimum Gasteiger partial charge on any atom is -0.360 e. The highest BCUT2D eigenvalue weighted by Crippen LogP contribution is 2.15. The van der Waals surface area contributed by atoms with Gasteiger partial charge in [-0.25, -0.2) is 4.79 Å². The number of esters is 2. The third-order valence-electron chi connectivity index (χ3n) is 8.36. The molecule has 0 amide bonds. The van der Waals surface area contributed by atoms with E-state index in [1.54, 1.807) is 0 Å². The molecular weight excluding hydrogens is 524 g/mol. The summed E-state index contributed by atoms with van der Waals surface area (Å²) >= 11 is 0. The van der Waals surface area contributed by atoms with Crippen molar-refractivity contribution in [3.63, 3.8) is 0 Å². The van der Waals surface area contributed by atoms with E-state index < -0.39 is 18.1 Å². The van der Waals surface area contributed by atoms with E-state index in [1.165, 1.54) is 154 Å². The molecule has 42 heavy (non-hydrogen) atoms. The second kappa shape index (κ2) is 34.1. The van der Waals surface area contributed by atoms with Crippen molar-refractivity contribution >= 4 is 18.1 Å². The van der Waals surface area contributed by atoms with Gasteiger partial charge in [-0.15, -0.1) is 0 Å². The van der Waals surface area contributed by atoms with Crippen LogP contribution in [0.2, 0.25) is 0 Å². The Morgan fingerprint density at radius 3 is 0.714 bits per heavy atom. The van der Waals surface area contributed by atoms with Crippen LogP contribution in [0.4, 0.5) is 4.79 Å². The van der Waals surface area contributed by atoms with Gasteiger partial charge in [-0.05, 0) is 12.8 Å². The number of ether oxygens (including phenoxy) is 2. The third kappa shape index (κ3) is 33.1. The van der Waals surface area contributed by atoms with Crippen LogP contribution in [0.1, 0.15) is 219 Å². The van der Waals surface area contributed by atoms with Gasteiger partial charge in [-0.1, -0.05) is 194 Å². The molecule has 0 aliphatic carbocycles. The van der Waals surface area contributed by atoms with Crippen molar-refractivity contribution in [2.75, 3.05) is 0 Å². The predicted molar refractivity (Wildman–Crippen MR) is 177 cm³/mol. The van der Waals surface area contributed by atoms with Crippen molar-refractivity contribution < 1.29 is 23.9 Å². The molecule has 0 saturated heterocycles. The molecule has 0 aromatic carbocycles. The fraction of sp³-hybridized carbons (Fsp3) is 0.919. The van der Waals surface area contributed by atoms with Crippen molar-refractivity contribution in [3.05, 3.63) is 0 Å². The van der Waals surface area contributed by atoms with E-state index in [9.17, 15) is 14.4 Å². The molecule has 5 heteroatoms. The maximum atomic E-state index is 11.8. The Morgan fingerprint density at radius 1 is 0.310 bits per heavy atom. The minimum absolute atomic E-state index is 0.195. The Bertz CT molecular complexity index is 553. The van der Waals surface area contributed by atoms with Crippen LogP contribution >= 0.6 is 0 Å². The van der Waals surface area contributed by atoms with Gasteiger partial charge in [0.05, 0.1) is 0 Å². The molecule has 0 unspecified atom stereocenters. The highest BCUT2D eigenvalue weighted by atomic mass is 16.8. The zero-order valence-corrected chi connectivity index (χ0v) is 28.2. The third-order valence-corrected chi connectivity index (χ3v) is 8.36. The van der Waals surface area contributed by atoms with Crippen LogP contribution in [-0.4, -0.2) is 18.1 Å². The summed E-state index contributed by atoms with van der Waals surface area (Å²) in [6.07, 6.45) is 37.0. The molecule has 0 atom stereocenters. The second-order valence-electron chi connectivity index (χ2n) is 12.6. The molecule has 5 nitrogen and oxygen atoms in total. The van der Waals surface area contributed by atoms with Crippen LogP contribution in [0, 0.1) is 0 Å². The van der Waals surface area contributed by atoms with E-state index in [0.717, 1.165) is 25.7 Å². The monoisotopic (exact) mass is 595 g/mol. The van der Waals surface area contributed by atoms with Gasteiger partial charge in [-0.3, -0.25) is 9.59 Å². The van der Waals surface area contributed by atoms with Crippen molar-refractivity contribution in [1.29, 1.82) is 0 Å². The first-order chi connectivity index (χ1) is 20.6. The van der Waals surface area contributed by atoms with Crippen LogP contribution in [0.25, 0.3) is 0 Å². The van der Waals surface area contributed by atoms with E-state index in [-0.39, 0.29) is 12.8 Å². The molecule has 0 aromatic heterocycles. The number of unbranched alkanes of at least 4 members (excludes halogenated alkanes) is 28. The predicted octanol–water partition coefficient (Wildman–Crippen LogP) is 12.7. The number of carbonyl (C=O) groups excluding carboxylic acids is 3. The van der Waals surface area contributed by atoms with Crippen molar-refractivity contribution in [2.45, 2.75) is 219 Å². The van der Waals surface area contributed by atoms with Crippen LogP contribution in [0.3, 0.4) is 0 Å². The number of carbonyl (C=O) groups is 3. The molecule has 0 aromatic rings. The van der Waals surface area contributed by atoms with Gasteiger partial charge >= 0.3 is 18.1 Å². The minimum atomic E-state index is -1.17. The second-order valence-corrected chi connectivity index (χ2v) is 12.6. The van der Waals surface area contributed by atoms with Crippen molar-refractivity contribution in [2.24, 2.45) is 0 Å². The Hall–Kier alpha value is -1.39.